The predicted molar refractivity (Wildman–Crippen MR) is 90.2 cm³/mol. The Balaban J connectivity index is 1.40. The van der Waals surface area contributed by atoms with Crippen LogP contribution in [-0.4, -0.2) is 36.5 Å². The first kappa shape index (κ1) is 15.6. The van der Waals surface area contributed by atoms with Crippen molar-refractivity contribution < 1.29 is 9.53 Å². The molecule has 2 aromatic carbocycles. The molecular weight excluding hydrogens is 288 g/mol. The second-order valence-electron chi connectivity index (χ2n) is 5.88. The molecule has 1 amide bonds. The fourth-order valence-electron chi connectivity index (χ4n) is 2.87. The van der Waals surface area contributed by atoms with Gasteiger partial charge in [-0.1, -0.05) is 48.5 Å². The summed E-state index contributed by atoms with van der Waals surface area (Å²) in [6.45, 7) is 2.91. The smallest absolute Gasteiger partial charge is 0.258 e. The molecule has 0 aliphatic carbocycles. The number of carbonyl (C=O) groups excluding carboxylic acids is 1. The predicted octanol–water partition coefficient (Wildman–Crippen LogP) is 2.46. The van der Waals surface area contributed by atoms with E-state index in [2.05, 4.69) is 34.5 Å². The molecule has 120 valence electrons. The number of rotatable bonds is 6. The molecule has 1 N–H and O–H groups in total. The first-order chi connectivity index (χ1) is 11.3. The van der Waals surface area contributed by atoms with Crippen LogP contribution >= 0.6 is 0 Å². The molecule has 1 saturated heterocycles. The second kappa shape index (κ2) is 7.79. The van der Waals surface area contributed by atoms with Gasteiger partial charge in [0.2, 0.25) is 0 Å². The van der Waals surface area contributed by atoms with Gasteiger partial charge in [-0.2, -0.15) is 0 Å². The van der Waals surface area contributed by atoms with E-state index in [1.165, 1.54) is 5.56 Å². The molecule has 1 atom stereocenters. The molecule has 1 aliphatic heterocycles. The van der Waals surface area contributed by atoms with Crippen molar-refractivity contribution in [2.45, 2.75) is 19.0 Å². The van der Waals surface area contributed by atoms with Crippen molar-refractivity contribution in [3.05, 3.63) is 66.2 Å². The summed E-state index contributed by atoms with van der Waals surface area (Å²) in [7, 11) is 0. The largest absolute Gasteiger partial charge is 0.484 e. The highest BCUT2D eigenvalue weighted by molar-refractivity contribution is 5.77. The summed E-state index contributed by atoms with van der Waals surface area (Å²) in [5.74, 6) is 0.667. The zero-order valence-electron chi connectivity index (χ0n) is 13.2. The average molecular weight is 310 g/mol. The van der Waals surface area contributed by atoms with Crippen molar-refractivity contribution in [2.24, 2.45) is 0 Å². The van der Waals surface area contributed by atoms with E-state index in [4.69, 9.17) is 4.74 Å². The number of ether oxygens (including phenoxy) is 1. The van der Waals surface area contributed by atoms with Gasteiger partial charge in [-0.3, -0.25) is 9.69 Å². The summed E-state index contributed by atoms with van der Waals surface area (Å²) in [5, 5.41) is 3.06. The maximum absolute atomic E-state index is 12.0. The Hall–Kier alpha value is -2.33. The minimum atomic E-state index is -0.0552. The van der Waals surface area contributed by atoms with Crippen LogP contribution in [0, 0.1) is 0 Å². The summed E-state index contributed by atoms with van der Waals surface area (Å²) in [4.78, 5) is 14.4. The quantitative estimate of drug-likeness (QED) is 0.891. The fraction of sp³-hybridized carbons (Fsp3) is 0.316. The maximum atomic E-state index is 12.0. The van der Waals surface area contributed by atoms with Gasteiger partial charge in [0.05, 0.1) is 0 Å². The Labute approximate surface area is 137 Å². The van der Waals surface area contributed by atoms with E-state index < -0.39 is 0 Å². The molecule has 23 heavy (non-hydrogen) atoms. The van der Waals surface area contributed by atoms with Crippen molar-refractivity contribution in [1.82, 2.24) is 10.2 Å². The molecule has 1 fully saturated rings. The lowest BCUT2D eigenvalue weighted by molar-refractivity contribution is -0.123. The Morgan fingerprint density at radius 1 is 1.09 bits per heavy atom. The number of hydrogen-bond acceptors (Lipinski definition) is 3. The van der Waals surface area contributed by atoms with Crippen LogP contribution in [0.5, 0.6) is 5.75 Å². The van der Waals surface area contributed by atoms with Crippen LogP contribution < -0.4 is 10.1 Å². The zero-order valence-corrected chi connectivity index (χ0v) is 13.2. The number of amides is 1. The lowest BCUT2D eigenvalue weighted by Gasteiger charge is -2.17. The number of benzene rings is 2. The lowest BCUT2D eigenvalue weighted by atomic mass is 10.2. The Morgan fingerprint density at radius 2 is 1.78 bits per heavy atom. The van der Waals surface area contributed by atoms with E-state index in [1.54, 1.807) is 0 Å². The van der Waals surface area contributed by atoms with E-state index >= 15 is 0 Å². The van der Waals surface area contributed by atoms with Gasteiger partial charge >= 0.3 is 0 Å². The lowest BCUT2D eigenvalue weighted by Crippen LogP contribution is -2.39. The third-order valence-corrected chi connectivity index (χ3v) is 4.00. The van der Waals surface area contributed by atoms with Gasteiger partial charge in [-0.25, -0.2) is 0 Å². The molecule has 0 radical (unpaired) electrons. The van der Waals surface area contributed by atoms with Gasteiger partial charge in [-0.05, 0) is 24.1 Å². The van der Waals surface area contributed by atoms with E-state index in [9.17, 15) is 4.79 Å². The molecule has 0 bridgehead atoms. The fourth-order valence-corrected chi connectivity index (χ4v) is 2.87. The minimum absolute atomic E-state index is 0.0552. The van der Waals surface area contributed by atoms with Crippen LogP contribution in [0.4, 0.5) is 0 Å². The molecule has 0 spiro atoms. The highest BCUT2D eigenvalue weighted by Gasteiger charge is 2.23. The Bertz CT molecular complexity index is 616. The summed E-state index contributed by atoms with van der Waals surface area (Å²) >= 11 is 0. The van der Waals surface area contributed by atoms with Crippen LogP contribution in [0.25, 0.3) is 0 Å². The van der Waals surface area contributed by atoms with E-state index in [0.29, 0.717) is 0 Å². The number of nitrogens with one attached hydrogen (secondary N) is 1. The van der Waals surface area contributed by atoms with Gasteiger partial charge in [-0.15, -0.1) is 0 Å². The first-order valence-corrected chi connectivity index (χ1v) is 8.03. The van der Waals surface area contributed by atoms with Crippen molar-refractivity contribution >= 4 is 5.91 Å². The zero-order chi connectivity index (χ0) is 15.9. The number of likely N-dealkylation sites (tertiary alicyclic amines) is 1. The Kier molecular flexibility index (Phi) is 5.27. The third kappa shape index (κ3) is 4.83. The molecule has 0 aromatic heterocycles. The van der Waals surface area contributed by atoms with Gasteiger partial charge in [0, 0.05) is 25.7 Å². The summed E-state index contributed by atoms with van der Waals surface area (Å²) in [6, 6.07) is 20.1. The molecule has 2 aromatic rings. The van der Waals surface area contributed by atoms with Crippen molar-refractivity contribution in [2.75, 3.05) is 19.7 Å². The molecule has 0 saturated carbocycles. The van der Waals surface area contributed by atoms with Gasteiger partial charge in [0.1, 0.15) is 5.75 Å². The van der Waals surface area contributed by atoms with Gasteiger partial charge in [0.15, 0.2) is 6.61 Å². The molecule has 1 heterocycles. The number of para-hydroxylation sites is 1. The molecule has 4 heteroatoms. The van der Waals surface area contributed by atoms with Crippen LogP contribution in [0.1, 0.15) is 12.0 Å². The molecule has 1 aliphatic rings. The third-order valence-electron chi connectivity index (χ3n) is 4.00. The van der Waals surface area contributed by atoms with Crippen molar-refractivity contribution in [3.8, 4) is 5.75 Å². The number of nitrogens with zero attached hydrogens (tertiary/aromatic N) is 1. The minimum Gasteiger partial charge on any atom is -0.484 e. The summed E-state index contributed by atoms with van der Waals surface area (Å²) in [5.41, 5.74) is 1.31. The number of carbonyl (C=O) groups is 1. The highest BCUT2D eigenvalue weighted by Crippen LogP contribution is 2.13. The average Bonchev–Trinajstić information content (AvgIpc) is 3.02. The van der Waals surface area contributed by atoms with Crippen LogP contribution in [0.3, 0.4) is 0 Å². The normalized spacial score (nSPS) is 17.8. The maximum Gasteiger partial charge on any atom is 0.258 e. The highest BCUT2D eigenvalue weighted by atomic mass is 16.5. The SMILES string of the molecule is O=C(COc1ccccc1)NC1CCN(Cc2ccccc2)C1. The standard InChI is InChI=1S/C19H22N2O2/c22-19(15-23-18-9-5-2-6-10-18)20-17-11-12-21(14-17)13-16-7-3-1-4-8-16/h1-10,17H,11-15H2,(H,20,22). The molecule has 1 unspecified atom stereocenters. The molecule has 4 nitrogen and oxygen atoms in total. The van der Waals surface area contributed by atoms with E-state index in [1.807, 2.05) is 36.4 Å². The Morgan fingerprint density at radius 3 is 2.52 bits per heavy atom. The number of hydrogen-bond donors (Lipinski definition) is 1. The monoisotopic (exact) mass is 310 g/mol. The van der Waals surface area contributed by atoms with Crippen molar-refractivity contribution in [3.63, 3.8) is 0 Å². The van der Waals surface area contributed by atoms with E-state index in [0.717, 1.165) is 31.8 Å². The van der Waals surface area contributed by atoms with Gasteiger partial charge in [0.25, 0.3) is 5.91 Å². The van der Waals surface area contributed by atoms with Crippen molar-refractivity contribution in [1.29, 1.82) is 0 Å². The van der Waals surface area contributed by atoms with Crippen LogP contribution in [0.2, 0.25) is 0 Å². The summed E-state index contributed by atoms with van der Waals surface area (Å²) in [6.07, 6.45) is 0.990. The second-order valence-corrected chi connectivity index (χ2v) is 5.88. The van der Waals surface area contributed by atoms with Crippen LogP contribution in [0.15, 0.2) is 60.7 Å². The topological polar surface area (TPSA) is 41.6 Å². The molecular formula is C19H22N2O2. The first-order valence-electron chi connectivity index (χ1n) is 8.03. The summed E-state index contributed by atoms with van der Waals surface area (Å²) < 4.78 is 5.47. The molecule has 3 rings (SSSR count). The van der Waals surface area contributed by atoms with Crippen LogP contribution in [-0.2, 0) is 11.3 Å². The van der Waals surface area contributed by atoms with Gasteiger partial charge < -0.3 is 10.1 Å². The van der Waals surface area contributed by atoms with E-state index in [-0.39, 0.29) is 18.6 Å².